The molecule has 0 aromatic carbocycles. The summed E-state index contributed by atoms with van der Waals surface area (Å²) in [6, 6.07) is 0. The Hall–Kier alpha value is -0.493. The molecule has 0 aliphatic carbocycles. The van der Waals surface area contributed by atoms with E-state index in [1.807, 2.05) is 0 Å². The monoisotopic (exact) mass is 141 g/mol. The molecule has 0 aliphatic heterocycles. The normalized spacial score (nSPS) is 11.4. The van der Waals surface area contributed by atoms with Crippen LogP contribution in [0.25, 0.3) is 0 Å². The summed E-state index contributed by atoms with van der Waals surface area (Å²) in [5.74, 6) is -1.64. The van der Waals surface area contributed by atoms with Crippen LogP contribution >= 0.6 is 0 Å². The first-order valence-corrected chi connectivity index (χ1v) is 2.81. The Morgan fingerprint density at radius 1 is 1.75 bits per heavy atom. The minimum absolute atomic E-state index is 0.114. The molecule has 0 unspecified atom stereocenters. The Labute approximate surface area is 47.2 Å². The van der Waals surface area contributed by atoms with Gasteiger partial charge in [-0.05, 0) is 0 Å². The molecule has 1 amide bonds. The van der Waals surface area contributed by atoms with Crippen molar-refractivity contribution in [2.75, 3.05) is 0 Å². The fraction of sp³-hybridized carbons (Fsp3) is 0.500. The standard InChI is InChI=1S/C2H5F2NO2Si/c3-2(4,7)1(6)5-8/h7H,8H3,(H,5,6). The van der Waals surface area contributed by atoms with Crippen molar-refractivity contribution in [3.8, 4) is 0 Å². The molecule has 0 fully saturated rings. The fourth-order valence-electron chi connectivity index (χ4n) is 0.150. The highest BCUT2D eigenvalue weighted by molar-refractivity contribution is 6.15. The first kappa shape index (κ1) is 7.51. The van der Waals surface area contributed by atoms with Gasteiger partial charge in [0.1, 0.15) is 10.4 Å². The van der Waals surface area contributed by atoms with Crippen LogP contribution in [0, 0.1) is 0 Å². The number of nitrogens with one attached hydrogen (secondary N) is 1. The van der Waals surface area contributed by atoms with E-state index in [9.17, 15) is 13.6 Å². The number of carbonyl (C=O) groups is 1. The molecule has 0 saturated heterocycles. The number of alkyl halides is 2. The molecule has 3 nitrogen and oxygen atoms in total. The lowest BCUT2D eigenvalue weighted by Gasteiger charge is -2.04. The van der Waals surface area contributed by atoms with Gasteiger partial charge in [0, 0.05) is 0 Å². The summed E-state index contributed by atoms with van der Waals surface area (Å²) < 4.78 is 22.6. The van der Waals surface area contributed by atoms with Gasteiger partial charge in [0.2, 0.25) is 0 Å². The van der Waals surface area contributed by atoms with Crippen LogP contribution in [0.1, 0.15) is 0 Å². The fourth-order valence-corrected chi connectivity index (χ4v) is 0.451. The third kappa shape index (κ3) is 1.98. The second kappa shape index (κ2) is 2.18. The number of carbonyl (C=O) groups excluding carboxylic acids is 1. The lowest BCUT2D eigenvalue weighted by Crippen LogP contribution is -2.38. The molecule has 6 heteroatoms. The molecule has 48 valence electrons. The highest BCUT2D eigenvalue weighted by atomic mass is 28.2. The van der Waals surface area contributed by atoms with E-state index in [2.05, 4.69) is 0 Å². The van der Waals surface area contributed by atoms with Crippen LogP contribution in [0.15, 0.2) is 0 Å². The highest BCUT2D eigenvalue weighted by Gasteiger charge is 2.33. The molecule has 0 bridgehead atoms. The van der Waals surface area contributed by atoms with Gasteiger partial charge in [0.15, 0.2) is 0 Å². The zero-order valence-electron chi connectivity index (χ0n) is 4.11. The van der Waals surface area contributed by atoms with Crippen LogP contribution in [0.3, 0.4) is 0 Å². The van der Waals surface area contributed by atoms with Crippen molar-refractivity contribution in [1.82, 2.24) is 4.98 Å². The van der Waals surface area contributed by atoms with Crippen LogP contribution in [0.4, 0.5) is 8.78 Å². The molecule has 0 rings (SSSR count). The Morgan fingerprint density at radius 3 is 2.12 bits per heavy atom. The number of hydrogen-bond donors (Lipinski definition) is 2. The van der Waals surface area contributed by atoms with Gasteiger partial charge in [-0.2, -0.15) is 8.78 Å². The lowest BCUT2D eigenvalue weighted by molar-refractivity contribution is -0.203. The molecule has 0 aromatic rings. The van der Waals surface area contributed by atoms with Gasteiger partial charge < -0.3 is 10.1 Å². The van der Waals surface area contributed by atoms with E-state index in [1.165, 1.54) is 0 Å². The predicted octanol–water partition coefficient (Wildman–Crippen LogP) is -2.03. The second-order valence-corrected chi connectivity index (χ2v) is 1.62. The molecule has 0 radical (unpaired) electrons. The minimum atomic E-state index is -4.21. The van der Waals surface area contributed by atoms with Gasteiger partial charge in [-0.3, -0.25) is 4.79 Å². The summed E-state index contributed by atoms with van der Waals surface area (Å²) in [6.07, 6.45) is -4.21. The van der Waals surface area contributed by atoms with E-state index < -0.39 is 12.0 Å². The highest BCUT2D eigenvalue weighted by Crippen LogP contribution is 2.05. The molecule has 8 heavy (non-hydrogen) atoms. The molecule has 0 heterocycles. The van der Waals surface area contributed by atoms with E-state index >= 15 is 0 Å². The van der Waals surface area contributed by atoms with E-state index in [4.69, 9.17) is 5.11 Å². The predicted molar refractivity (Wildman–Crippen MR) is 25.2 cm³/mol. The maximum Gasteiger partial charge on any atom is 0.433 e. The van der Waals surface area contributed by atoms with Crippen molar-refractivity contribution in [2.24, 2.45) is 0 Å². The van der Waals surface area contributed by atoms with E-state index in [0.717, 1.165) is 0 Å². The van der Waals surface area contributed by atoms with E-state index in [0.29, 0.717) is 0 Å². The summed E-state index contributed by atoms with van der Waals surface area (Å²) in [5, 5.41) is 7.56. The van der Waals surface area contributed by atoms with Crippen LogP contribution < -0.4 is 4.98 Å². The van der Waals surface area contributed by atoms with Gasteiger partial charge in [-0.25, -0.2) is 0 Å². The number of hydrogen-bond acceptors (Lipinski definition) is 2. The van der Waals surface area contributed by atoms with Gasteiger partial charge in [-0.15, -0.1) is 0 Å². The third-order valence-electron chi connectivity index (χ3n) is 0.500. The maximum absolute atomic E-state index is 11.3. The average molecular weight is 141 g/mol. The quantitative estimate of drug-likeness (QED) is 0.414. The van der Waals surface area contributed by atoms with Crippen LogP contribution in [-0.2, 0) is 4.79 Å². The smallest absolute Gasteiger partial charge is 0.383 e. The minimum Gasteiger partial charge on any atom is -0.383 e. The average Bonchev–Trinajstić information content (AvgIpc) is 1.62. The summed E-state index contributed by atoms with van der Waals surface area (Å²) in [7, 11) is 0.114. The first-order chi connectivity index (χ1) is 3.48. The number of amides is 1. The third-order valence-corrected chi connectivity index (χ3v) is 0.954. The largest absolute Gasteiger partial charge is 0.433 e. The van der Waals surface area contributed by atoms with Crippen LogP contribution in [-0.4, -0.2) is 27.5 Å². The summed E-state index contributed by atoms with van der Waals surface area (Å²) in [4.78, 5) is 11.5. The van der Waals surface area contributed by atoms with Crippen molar-refractivity contribution >= 4 is 16.3 Å². The topological polar surface area (TPSA) is 49.3 Å². The van der Waals surface area contributed by atoms with Gasteiger partial charge in [0.25, 0.3) is 0 Å². The Bertz CT molecular complexity index is 101. The van der Waals surface area contributed by atoms with Crippen molar-refractivity contribution in [3.05, 3.63) is 0 Å². The molecule has 0 atom stereocenters. The summed E-state index contributed by atoms with van der Waals surface area (Å²) in [6.45, 7) is 0. The van der Waals surface area contributed by atoms with E-state index in [-0.39, 0.29) is 10.4 Å². The number of halogens is 2. The lowest BCUT2D eigenvalue weighted by atomic mass is 10.6. The first-order valence-electron chi connectivity index (χ1n) is 1.81. The van der Waals surface area contributed by atoms with Gasteiger partial charge in [0.05, 0.1) is 0 Å². The van der Waals surface area contributed by atoms with Crippen molar-refractivity contribution in [1.29, 1.82) is 0 Å². The van der Waals surface area contributed by atoms with Crippen LogP contribution in [0.5, 0.6) is 0 Å². The molecule has 0 aliphatic rings. The van der Waals surface area contributed by atoms with Gasteiger partial charge in [-0.1, -0.05) is 0 Å². The molecule has 0 spiro atoms. The zero-order chi connectivity index (χ0) is 6.78. The summed E-state index contributed by atoms with van der Waals surface area (Å²) >= 11 is 0. The molecule has 0 aromatic heterocycles. The van der Waals surface area contributed by atoms with Crippen LogP contribution in [0.2, 0.25) is 0 Å². The SMILES string of the molecule is O=C(N[SiH3])C(O)(F)F. The Kier molecular flexibility index (Phi) is 2.05. The maximum atomic E-state index is 11.3. The second-order valence-electron chi connectivity index (χ2n) is 1.12. The molecule has 2 N–H and O–H groups in total. The number of aliphatic hydroxyl groups is 1. The van der Waals surface area contributed by atoms with Crippen molar-refractivity contribution in [2.45, 2.75) is 6.11 Å². The van der Waals surface area contributed by atoms with E-state index in [1.54, 1.807) is 4.98 Å². The molecular weight excluding hydrogens is 136 g/mol. The molecular formula is C2H5F2NO2Si. The summed E-state index contributed by atoms with van der Waals surface area (Å²) in [5.41, 5.74) is 0. The van der Waals surface area contributed by atoms with Gasteiger partial charge >= 0.3 is 12.0 Å². The molecule has 0 saturated carbocycles. The Balaban J connectivity index is 3.82. The van der Waals surface area contributed by atoms with Crippen molar-refractivity contribution in [3.63, 3.8) is 0 Å². The Morgan fingerprint density at radius 2 is 2.12 bits per heavy atom. The number of rotatable bonds is 1. The van der Waals surface area contributed by atoms with Crippen molar-refractivity contribution < 1.29 is 18.7 Å². The zero-order valence-corrected chi connectivity index (χ0v) is 6.11.